The number of rotatable bonds is 20. The number of hydrogen-bond donors (Lipinski definition) is 2. The highest BCUT2D eigenvalue weighted by molar-refractivity contribution is 5.75. The molecule has 0 aliphatic rings. The molecule has 0 unspecified atom stereocenters. The summed E-state index contributed by atoms with van der Waals surface area (Å²) < 4.78 is 0. The van der Waals surface area contributed by atoms with E-state index in [1.54, 1.807) is 0 Å². The zero-order valence-corrected chi connectivity index (χ0v) is 17.0. The van der Waals surface area contributed by atoms with Crippen LogP contribution in [-0.4, -0.2) is 24.2 Å². The average Bonchev–Trinajstić information content (AvgIpc) is 2.62. The number of aliphatic hydroxyl groups is 1. The molecular weight excluding hydrogens is 310 g/mol. The Hall–Kier alpha value is -0.570. The molecular formula is C22H45NO2. The van der Waals surface area contributed by atoms with E-state index < -0.39 is 0 Å². The van der Waals surface area contributed by atoms with Crippen molar-refractivity contribution < 1.29 is 9.90 Å². The van der Waals surface area contributed by atoms with Crippen molar-refractivity contribution >= 4 is 5.91 Å². The van der Waals surface area contributed by atoms with E-state index in [4.69, 9.17) is 5.11 Å². The summed E-state index contributed by atoms with van der Waals surface area (Å²) >= 11 is 0. The summed E-state index contributed by atoms with van der Waals surface area (Å²) in [5, 5.41) is 11.6. The highest BCUT2D eigenvalue weighted by atomic mass is 16.2. The maximum absolute atomic E-state index is 11.6. The lowest BCUT2D eigenvalue weighted by atomic mass is 10.0. The van der Waals surface area contributed by atoms with E-state index in [0.29, 0.717) is 13.0 Å². The van der Waals surface area contributed by atoms with Gasteiger partial charge < -0.3 is 10.4 Å². The first kappa shape index (κ1) is 24.4. The minimum absolute atomic E-state index is 0.174. The number of nitrogens with one attached hydrogen (secondary N) is 1. The lowest BCUT2D eigenvalue weighted by molar-refractivity contribution is -0.121. The van der Waals surface area contributed by atoms with E-state index in [1.165, 1.54) is 89.9 Å². The van der Waals surface area contributed by atoms with Gasteiger partial charge in [0, 0.05) is 19.6 Å². The van der Waals surface area contributed by atoms with Crippen molar-refractivity contribution in [2.45, 2.75) is 122 Å². The molecule has 0 spiro atoms. The lowest BCUT2D eigenvalue weighted by Gasteiger charge is -2.05. The molecule has 1 amide bonds. The molecule has 3 heteroatoms. The van der Waals surface area contributed by atoms with E-state index in [0.717, 1.165) is 19.3 Å². The minimum atomic E-state index is 0.174. The van der Waals surface area contributed by atoms with Gasteiger partial charge in [0.15, 0.2) is 0 Å². The summed E-state index contributed by atoms with van der Waals surface area (Å²) in [6.07, 6.45) is 22.6. The van der Waals surface area contributed by atoms with Crippen LogP contribution in [0.3, 0.4) is 0 Å². The molecule has 0 radical (unpaired) electrons. The molecule has 0 rings (SSSR count). The largest absolute Gasteiger partial charge is 0.396 e. The second-order valence-corrected chi connectivity index (χ2v) is 7.48. The van der Waals surface area contributed by atoms with Crippen LogP contribution in [0.25, 0.3) is 0 Å². The first-order valence-corrected chi connectivity index (χ1v) is 11.2. The first-order valence-electron chi connectivity index (χ1n) is 11.2. The van der Waals surface area contributed by atoms with Gasteiger partial charge in [-0.15, -0.1) is 0 Å². The minimum Gasteiger partial charge on any atom is -0.396 e. The summed E-state index contributed by atoms with van der Waals surface area (Å²) in [6.45, 7) is 3.20. The molecule has 0 saturated carbocycles. The predicted octanol–water partition coefficient (Wildman–Crippen LogP) is 6.14. The fourth-order valence-electron chi connectivity index (χ4n) is 3.21. The van der Waals surface area contributed by atoms with Crippen LogP contribution in [0.2, 0.25) is 0 Å². The van der Waals surface area contributed by atoms with Gasteiger partial charge in [-0.3, -0.25) is 4.79 Å². The van der Waals surface area contributed by atoms with Gasteiger partial charge in [-0.1, -0.05) is 96.8 Å². The van der Waals surface area contributed by atoms with Crippen LogP contribution in [0.1, 0.15) is 122 Å². The number of carbonyl (C=O) groups excluding carboxylic acids is 1. The lowest BCUT2D eigenvalue weighted by Crippen LogP contribution is -2.24. The summed E-state index contributed by atoms with van der Waals surface area (Å²) in [5.41, 5.74) is 0. The predicted molar refractivity (Wildman–Crippen MR) is 109 cm³/mol. The maximum atomic E-state index is 11.6. The zero-order chi connectivity index (χ0) is 18.4. The van der Waals surface area contributed by atoms with Crippen LogP contribution in [0.5, 0.6) is 0 Å². The van der Waals surface area contributed by atoms with E-state index in [2.05, 4.69) is 12.2 Å². The summed E-state index contributed by atoms with van der Waals surface area (Å²) in [6, 6.07) is 0. The van der Waals surface area contributed by atoms with Crippen molar-refractivity contribution in [2.24, 2.45) is 0 Å². The van der Waals surface area contributed by atoms with Crippen LogP contribution in [0.4, 0.5) is 0 Å². The summed E-state index contributed by atoms with van der Waals surface area (Å²) in [4.78, 5) is 11.6. The quantitative estimate of drug-likeness (QED) is 0.258. The molecule has 0 atom stereocenters. The third kappa shape index (κ3) is 21.4. The van der Waals surface area contributed by atoms with Gasteiger partial charge in [-0.05, 0) is 19.3 Å². The Labute approximate surface area is 157 Å². The van der Waals surface area contributed by atoms with E-state index in [9.17, 15) is 4.79 Å². The van der Waals surface area contributed by atoms with Crippen LogP contribution in [0, 0.1) is 0 Å². The van der Waals surface area contributed by atoms with Crippen LogP contribution in [-0.2, 0) is 4.79 Å². The van der Waals surface area contributed by atoms with Gasteiger partial charge in [0.1, 0.15) is 0 Å². The van der Waals surface area contributed by atoms with Crippen molar-refractivity contribution in [3.63, 3.8) is 0 Å². The van der Waals surface area contributed by atoms with Crippen LogP contribution in [0.15, 0.2) is 0 Å². The highest BCUT2D eigenvalue weighted by Crippen LogP contribution is 2.13. The second-order valence-electron chi connectivity index (χ2n) is 7.48. The number of amides is 1. The van der Waals surface area contributed by atoms with Crippen molar-refractivity contribution in [3.8, 4) is 0 Å². The Morgan fingerprint density at radius 2 is 1.08 bits per heavy atom. The standard InChI is InChI=1S/C22H45NO2/c1-2-3-4-5-6-7-8-9-10-11-12-13-14-15-16-19-22(25)23-20-17-18-21-24/h24H,2-21H2,1H3,(H,23,25). The third-order valence-electron chi connectivity index (χ3n) is 4.91. The topological polar surface area (TPSA) is 49.3 Å². The van der Waals surface area contributed by atoms with Gasteiger partial charge >= 0.3 is 0 Å². The molecule has 3 nitrogen and oxygen atoms in total. The first-order chi connectivity index (χ1) is 12.3. The van der Waals surface area contributed by atoms with Crippen molar-refractivity contribution in [1.29, 1.82) is 0 Å². The number of aliphatic hydroxyl groups excluding tert-OH is 1. The van der Waals surface area contributed by atoms with Gasteiger partial charge in [-0.25, -0.2) is 0 Å². The van der Waals surface area contributed by atoms with Gasteiger partial charge in [-0.2, -0.15) is 0 Å². The Bertz CT molecular complexity index is 269. The number of carbonyl (C=O) groups is 1. The summed E-state index contributed by atoms with van der Waals surface area (Å²) in [7, 11) is 0. The molecule has 2 N–H and O–H groups in total. The van der Waals surface area contributed by atoms with E-state index >= 15 is 0 Å². The Kier molecular flexibility index (Phi) is 21.0. The monoisotopic (exact) mass is 355 g/mol. The smallest absolute Gasteiger partial charge is 0.219 e. The molecule has 0 bridgehead atoms. The van der Waals surface area contributed by atoms with Crippen molar-refractivity contribution in [1.82, 2.24) is 5.32 Å². The van der Waals surface area contributed by atoms with Crippen LogP contribution < -0.4 is 5.32 Å². The zero-order valence-electron chi connectivity index (χ0n) is 17.0. The maximum Gasteiger partial charge on any atom is 0.219 e. The van der Waals surface area contributed by atoms with E-state index in [1.807, 2.05) is 0 Å². The fraction of sp³-hybridized carbons (Fsp3) is 0.955. The average molecular weight is 356 g/mol. The number of unbranched alkanes of at least 4 members (excludes halogenated alkanes) is 15. The fourth-order valence-corrected chi connectivity index (χ4v) is 3.21. The molecule has 0 saturated heterocycles. The van der Waals surface area contributed by atoms with Crippen molar-refractivity contribution in [3.05, 3.63) is 0 Å². The number of hydrogen-bond acceptors (Lipinski definition) is 2. The summed E-state index contributed by atoms with van der Waals surface area (Å²) in [5.74, 6) is 0.174. The Morgan fingerprint density at radius 3 is 1.52 bits per heavy atom. The molecule has 0 heterocycles. The Morgan fingerprint density at radius 1 is 0.640 bits per heavy atom. The van der Waals surface area contributed by atoms with Gasteiger partial charge in [0.2, 0.25) is 5.91 Å². The normalized spacial score (nSPS) is 11.0. The molecule has 25 heavy (non-hydrogen) atoms. The van der Waals surface area contributed by atoms with E-state index in [-0.39, 0.29) is 12.5 Å². The molecule has 0 aliphatic heterocycles. The van der Waals surface area contributed by atoms with Gasteiger partial charge in [0.05, 0.1) is 0 Å². The van der Waals surface area contributed by atoms with Gasteiger partial charge in [0.25, 0.3) is 0 Å². The van der Waals surface area contributed by atoms with Crippen molar-refractivity contribution in [2.75, 3.05) is 13.2 Å². The van der Waals surface area contributed by atoms with Crippen LogP contribution >= 0.6 is 0 Å². The second kappa shape index (κ2) is 21.5. The molecule has 0 aromatic carbocycles. The molecule has 150 valence electrons. The molecule has 0 aliphatic carbocycles. The Balaban J connectivity index is 3.08. The highest BCUT2D eigenvalue weighted by Gasteiger charge is 2.00. The molecule has 0 fully saturated rings. The molecule has 0 aromatic rings. The third-order valence-corrected chi connectivity index (χ3v) is 4.91. The SMILES string of the molecule is CCCCCCCCCCCCCCCCCC(=O)NCCCCO. The molecule has 0 aromatic heterocycles.